The van der Waals surface area contributed by atoms with E-state index >= 15 is 0 Å². The van der Waals surface area contributed by atoms with Crippen LogP contribution < -0.4 is 0 Å². The van der Waals surface area contributed by atoms with E-state index in [1.54, 1.807) is 6.20 Å². The van der Waals surface area contributed by atoms with Crippen molar-refractivity contribution in [2.75, 3.05) is 0 Å². The smallest absolute Gasteiger partial charge is 0.308 e. The minimum atomic E-state index is -0.855. The number of rotatable bonds is 5. The van der Waals surface area contributed by atoms with Crippen LogP contribution in [0.5, 0.6) is 0 Å². The molecule has 0 aliphatic carbocycles. The van der Waals surface area contributed by atoms with E-state index in [0.717, 1.165) is 15.4 Å². The Morgan fingerprint density at radius 1 is 1.09 bits per heavy atom. The second-order valence-electron chi connectivity index (χ2n) is 4.83. The Morgan fingerprint density at radius 3 is 2.55 bits per heavy atom. The molecule has 4 nitrogen and oxygen atoms in total. The van der Waals surface area contributed by atoms with Gasteiger partial charge in [0.25, 0.3) is 0 Å². The van der Waals surface area contributed by atoms with Crippen molar-refractivity contribution in [3.8, 4) is 11.4 Å². The van der Waals surface area contributed by atoms with E-state index in [-0.39, 0.29) is 6.42 Å². The molecule has 0 saturated heterocycles. The van der Waals surface area contributed by atoms with Crippen LogP contribution in [-0.4, -0.2) is 21.0 Å². The first-order chi connectivity index (χ1) is 10.7. The molecule has 0 aliphatic rings. The van der Waals surface area contributed by atoms with Crippen LogP contribution in [0.3, 0.4) is 0 Å². The number of benzene rings is 1. The third-order valence-corrected chi connectivity index (χ3v) is 4.21. The summed E-state index contributed by atoms with van der Waals surface area (Å²) in [6.45, 7) is 0. The summed E-state index contributed by atoms with van der Waals surface area (Å²) in [5, 5.41) is 10.0. The van der Waals surface area contributed by atoms with E-state index in [1.807, 2.05) is 48.5 Å². The van der Waals surface area contributed by atoms with Crippen LogP contribution in [0.25, 0.3) is 11.4 Å². The lowest BCUT2D eigenvalue weighted by Gasteiger charge is -1.98. The molecule has 3 rings (SSSR count). The molecule has 0 fully saturated rings. The summed E-state index contributed by atoms with van der Waals surface area (Å²) in [5.41, 5.74) is 2.55. The van der Waals surface area contributed by atoms with E-state index < -0.39 is 5.97 Å². The third-order valence-electron chi connectivity index (χ3n) is 3.16. The molecule has 0 saturated carbocycles. The molecule has 0 spiro atoms. The van der Waals surface area contributed by atoms with E-state index in [1.165, 1.54) is 11.3 Å². The van der Waals surface area contributed by atoms with Crippen molar-refractivity contribution in [1.82, 2.24) is 9.97 Å². The van der Waals surface area contributed by atoms with Gasteiger partial charge in [-0.25, -0.2) is 4.98 Å². The second kappa shape index (κ2) is 6.49. The van der Waals surface area contributed by atoms with Crippen molar-refractivity contribution in [2.45, 2.75) is 12.8 Å². The molecule has 2 aromatic heterocycles. The van der Waals surface area contributed by atoms with Crippen LogP contribution in [0.4, 0.5) is 0 Å². The van der Waals surface area contributed by atoms with Crippen molar-refractivity contribution in [3.63, 3.8) is 0 Å². The molecule has 0 radical (unpaired) electrons. The number of pyridine rings is 1. The van der Waals surface area contributed by atoms with Crippen molar-refractivity contribution >= 4 is 17.3 Å². The monoisotopic (exact) mass is 310 g/mol. The topological polar surface area (TPSA) is 63.1 Å². The minimum Gasteiger partial charge on any atom is -0.481 e. The normalized spacial score (nSPS) is 10.5. The highest BCUT2D eigenvalue weighted by atomic mass is 32.1. The summed E-state index contributed by atoms with van der Waals surface area (Å²) in [5.74, 6) is -0.855. The maximum absolute atomic E-state index is 11.1. The van der Waals surface area contributed by atoms with Crippen molar-refractivity contribution in [3.05, 3.63) is 70.2 Å². The zero-order valence-corrected chi connectivity index (χ0v) is 12.6. The molecule has 5 heteroatoms. The van der Waals surface area contributed by atoms with Crippen molar-refractivity contribution in [2.24, 2.45) is 0 Å². The lowest BCUT2D eigenvalue weighted by atomic mass is 10.1. The van der Waals surface area contributed by atoms with Gasteiger partial charge < -0.3 is 5.11 Å². The van der Waals surface area contributed by atoms with E-state index in [9.17, 15) is 4.79 Å². The van der Waals surface area contributed by atoms with Gasteiger partial charge in [0.2, 0.25) is 0 Å². The molecular weight excluding hydrogens is 296 g/mol. The molecule has 22 heavy (non-hydrogen) atoms. The van der Waals surface area contributed by atoms with Gasteiger partial charge in [0.1, 0.15) is 5.69 Å². The van der Waals surface area contributed by atoms with Crippen LogP contribution in [0, 0.1) is 0 Å². The number of aliphatic carboxylic acids is 1. The maximum Gasteiger partial charge on any atom is 0.308 e. The lowest BCUT2D eigenvalue weighted by Crippen LogP contribution is -1.99. The summed E-state index contributed by atoms with van der Waals surface area (Å²) in [6.07, 6.45) is 2.36. The van der Waals surface area contributed by atoms with E-state index in [0.29, 0.717) is 17.8 Å². The number of carboxylic acid groups (broad SMARTS) is 1. The van der Waals surface area contributed by atoms with Gasteiger partial charge in [-0.1, -0.05) is 36.4 Å². The number of carboxylic acids is 1. The largest absolute Gasteiger partial charge is 0.481 e. The number of hydrogen-bond donors (Lipinski definition) is 1. The first-order valence-corrected chi connectivity index (χ1v) is 7.70. The summed E-state index contributed by atoms with van der Waals surface area (Å²) in [7, 11) is 0. The van der Waals surface area contributed by atoms with Gasteiger partial charge in [0.15, 0.2) is 0 Å². The first-order valence-electron chi connectivity index (χ1n) is 6.88. The second-order valence-corrected chi connectivity index (χ2v) is 6.00. The Kier molecular flexibility index (Phi) is 4.25. The SMILES string of the molecule is O=C(O)Cc1sc(Cc2ccccc2)nc1-c1ccccn1. The fourth-order valence-corrected chi connectivity index (χ4v) is 3.31. The molecule has 0 amide bonds. The predicted octanol–water partition coefficient (Wildman–Crippen LogP) is 3.42. The molecule has 0 atom stereocenters. The number of aromatic nitrogens is 2. The molecule has 1 N–H and O–H groups in total. The lowest BCUT2D eigenvalue weighted by molar-refractivity contribution is -0.136. The molecule has 0 aliphatic heterocycles. The summed E-state index contributed by atoms with van der Waals surface area (Å²) < 4.78 is 0. The first kappa shape index (κ1) is 14.4. The fourth-order valence-electron chi connectivity index (χ4n) is 2.21. The van der Waals surface area contributed by atoms with Crippen LogP contribution in [-0.2, 0) is 17.6 Å². The van der Waals surface area contributed by atoms with Gasteiger partial charge in [-0.2, -0.15) is 0 Å². The number of nitrogens with zero attached hydrogens (tertiary/aromatic N) is 2. The summed E-state index contributed by atoms with van der Waals surface area (Å²) in [4.78, 5) is 20.7. The Morgan fingerprint density at radius 2 is 1.86 bits per heavy atom. The van der Waals surface area contributed by atoms with Gasteiger partial charge in [-0.05, 0) is 17.7 Å². The van der Waals surface area contributed by atoms with Gasteiger partial charge in [0.05, 0.1) is 17.1 Å². The summed E-state index contributed by atoms with van der Waals surface area (Å²) in [6, 6.07) is 15.6. The quantitative estimate of drug-likeness (QED) is 0.784. The highest BCUT2D eigenvalue weighted by molar-refractivity contribution is 7.12. The van der Waals surface area contributed by atoms with Gasteiger partial charge in [0, 0.05) is 17.5 Å². The number of thiazole rings is 1. The van der Waals surface area contributed by atoms with E-state index in [4.69, 9.17) is 5.11 Å². The van der Waals surface area contributed by atoms with Gasteiger partial charge in [-0.3, -0.25) is 9.78 Å². The molecular formula is C17H14N2O2S. The average Bonchev–Trinajstić information content (AvgIpc) is 2.91. The van der Waals surface area contributed by atoms with Gasteiger partial charge >= 0.3 is 5.97 Å². The zero-order valence-electron chi connectivity index (χ0n) is 11.8. The van der Waals surface area contributed by atoms with Crippen molar-refractivity contribution < 1.29 is 9.90 Å². The van der Waals surface area contributed by atoms with Crippen LogP contribution in [0.1, 0.15) is 15.4 Å². The molecule has 1 aromatic carbocycles. The Hall–Kier alpha value is -2.53. The minimum absolute atomic E-state index is 0.0294. The average molecular weight is 310 g/mol. The standard InChI is InChI=1S/C17H14N2O2S/c20-16(21)11-14-17(13-8-4-5-9-18-13)19-15(22-14)10-12-6-2-1-3-7-12/h1-9H,10-11H2,(H,20,21). The van der Waals surface area contributed by atoms with Crippen molar-refractivity contribution in [1.29, 1.82) is 0 Å². The van der Waals surface area contributed by atoms with Crippen LogP contribution in [0.15, 0.2) is 54.7 Å². The van der Waals surface area contributed by atoms with Crippen LogP contribution >= 0.6 is 11.3 Å². The molecule has 0 unspecified atom stereocenters. The Labute approximate surface area is 132 Å². The summed E-state index contributed by atoms with van der Waals surface area (Å²) >= 11 is 1.45. The molecule has 3 aromatic rings. The third kappa shape index (κ3) is 3.38. The Balaban J connectivity index is 1.96. The maximum atomic E-state index is 11.1. The highest BCUT2D eigenvalue weighted by Crippen LogP contribution is 2.28. The molecule has 0 bridgehead atoms. The van der Waals surface area contributed by atoms with E-state index in [2.05, 4.69) is 9.97 Å². The predicted molar refractivity (Wildman–Crippen MR) is 85.9 cm³/mol. The fraction of sp³-hybridized carbons (Fsp3) is 0.118. The van der Waals surface area contributed by atoms with Gasteiger partial charge in [-0.15, -0.1) is 11.3 Å². The highest BCUT2D eigenvalue weighted by Gasteiger charge is 2.16. The number of carbonyl (C=O) groups is 1. The Bertz CT molecular complexity index is 770. The number of hydrogen-bond acceptors (Lipinski definition) is 4. The molecule has 110 valence electrons. The zero-order chi connectivity index (χ0) is 15.4. The molecule has 2 heterocycles. The van der Waals surface area contributed by atoms with Crippen LogP contribution in [0.2, 0.25) is 0 Å².